The molecule has 2 N–H and O–H groups in total. The molecule has 1 aromatic heterocycles. The number of nitrogens with one attached hydrogen (secondary N) is 1. The number of aliphatic hydroxyl groups is 1. The summed E-state index contributed by atoms with van der Waals surface area (Å²) in [5.41, 5.74) is 0.966. The van der Waals surface area contributed by atoms with E-state index in [1.54, 1.807) is 11.3 Å². The average molecular weight is 277 g/mol. The molecule has 0 radical (unpaired) electrons. The van der Waals surface area contributed by atoms with E-state index in [0.29, 0.717) is 13.2 Å². The number of aliphatic hydroxyl groups excluding tert-OH is 1. The molecule has 0 amide bonds. The summed E-state index contributed by atoms with van der Waals surface area (Å²) in [6.45, 7) is 3.17. The number of para-hydroxylation sites is 1. The maximum Gasteiger partial charge on any atom is 0.119 e. The number of benzene rings is 1. The van der Waals surface area contributed by atoms with Crippen LogP contribution in [0.5, 0.6) is 5.75 Å². The molecule has 0 spiro atoms. The van der Waals surface area contributed by atoms with Gasteiger partial charge < -0.3 is 15.2 Å². The van der Waals surface area contributed by atoms with Crippen molar-refractivity contribution >= 4 is 11.3 Å². The van der Waals surface area contributed by atoms with Crippen molar-refractivity contribution in [2.75, 3.05) is 13.2 Å². The van der Waals surface area contributed by atoms with Crippen molar-refractivity contribution < 1.29 is 9.84 Å². The van der Waals surface area contributed by atoms with E-state index >= 15 is 0 Å². The zero-order valence-corrected chi connectivity index (χ0v) is 11.8. The molecule has 2 aromatic rings. The van der Waals surface area contributed by atoms with Crippen molar-refractivity contribution in [2.24, 2.45) is 0 Å². The van der Waals surface area contributed by atoms with Crippen LogP contribution in [0.1, 0.15) is 18.6 Å². The molecular weight excluding hydrogens is 258 g/mol. The van der Waals surface area contributed by atoms with Crippen molar-refractivity contribution in [2.45, 2.75) is 19.1 Å². The highest BCUT2D eigenvalue weighted by molar-refractivity contribution is 7.07. The van der Waals surface area contributed by atoms with Gasteiger partial charge in [0, 0.05) is 12.6 Å². The molecule has 3 nitrogen and oxygen atoms in total. The predicted octanol–water partition coefficient (Wildman–Crippen LogP) is 2.84. The molecule has 19 heavy (non-hydrogen) atoms. The number of rotatable bonds is 7. The van der Waals surface area contributed by atoms with Crippen LogP contribution in [-0.4, -0.2) is 24.3 Å². The molecule has 2 atom stereocenters. The first-order valence-corrected chi connectivity index (χ1v) is 7.31. The maximum absolute atomic E-state index is 9.95. The summed E-state index contributed by atoms with van der Waals surface area (Å²) in [6.07, 6.45) is -0.453. The van der Waals surface area contributed by atoms with Gasteiger partial charge in [0.1, 0.15) is 12.4 Å². The summed E-state index contributed by atoms with van der Waals surface area (Å²) in [7, 11) is 0. The molecule has 2 rings (SSSR count). The van der Waals surface area contributed by atoms with Gasteiger partial charge in [-0.25, -0.2) is 0 Å². The first kappa shape index (κ1) is 14.1. The third kappa shape index (κ3) is 4.67. The Morgan fingerprint density at radius 3 is 2.74 bits per heavy atom. The van der Waals surface area contributed by atoms with E-state index in [2.05, 4.69) is 5.32 Å². The Kier molecular flexibility index (Phi) is 5.39. The van der Waals surface area contributed by atoms with Gasteiger partial charge in [-0.3, -0.25) is 0 Å². The van der Waals surface area contributed by atoms with Gasteiger partial charge in [0.2, 0.25) is 0 Å². The minimum Gasteiger partial charge on any atom is -0.492 e. The smallest absolute Gasteiger partial charge is 0.119 e. The first-order valence-electron chi connectivity index (χ1n) is 6.37. The molecule has 2 unspecified atom stereocenters. The van der Waals surface area contributed by atoms with Crippen LogP contribution in [0, 0.1) is 0 Å². The Labute approximate surface area is 117 Å². The SMILES string of the molecule is CC(COc1ccccc1)NCC(O)c1ccsc1. The molecular formula is C15H19NO2S. The largest absolute Gasteiger partial charge is 0.492 e. The predicted molar refractivity (Wildman–Crippen MR) is 78.7 cm³/mol. The Bertz CT molecular complexity index is 458. The lowest BCUT2D eigenvalue weighted by molar-refractivity contribution is 0.164. The Morgan fingerprint density at radius 1 is 1.26 bits per heavy atom. The summed E-state index contributed by atoms with van der Waals surface area (Å²) in [6, 6.07) is 11.9. The zero-order chi connectivity index (χ0) is 13.5. The lowest BCUT2D eigenvalue weighted by Crippen LogP contribution is -2.34. The lowest BCUT2D eigenvalue weighted by atomic mass is 10.2. The van der Waals surface area contributed by atoms with Crippen LogP contribution in [0.3, 0.4) is 0 Å². The average Bonchev–Trinajstić information content (AvgIpc) is 2.98. The van der Waals surface area contributed by atoms with Crippen LogP contribution in [0.2, 0.25) is 0 Å². The van der Waals surface area contributed by atoms with Gasteiger partial charge in [-0.1, -0.05) is 18.2 Å². The van der Waals surface area contributed by atoms with Gasteiger partial charge in [-0.15, -0.1) is 0 Å². The van der Waals surface area contributed by atoms with Gasteiger partial charge in [0.25, 0.3) is 0 Å². The summed E-state index contributed by atoms with van der Waals surface area (Å²) in [5, 5.41) is 17.2. The monoisotopic (exact) mass is 277 g/mol. The fourth-order valence-electron chi connectivity index (χ4n) is 1.69. The molecule has 0 saturated heterocycles. The summed E-state index contributed by atoms with van der Waals surface area (Å²) in [4.78, 5) is 0. The minimum absolute atomic E-state index is 0.188. The van der Waals surface area contributed by atoms with Crippen LogP contribution in [0.25, 0.3) is 0 Å². The first-order chi connectivity index (χ1) is 9.25. The third-order valence-electron chi connectivity index (χ3n) is 2.83. The molecule has 0 fully saturated rings. The van der Waals surface area contributed by atoms with Crippen LogP contribution >= 0.6 is 11.3 Å². The van der Waals surface area contributed by atoms with Crippen LogP contribution in [0.15, 0.2) is 47.2 Å². The van der Waals surface area contributed by atoms with Crippen molar-refractivity contribution in [3.63, 3.8) is 0 Å². The number of thiophene rings is 1. The highest BCUT2D eigenvalue weighted by Crippen LogP contribution is 2.15. The molecule has 1 heterocycles. The zero-order valence-electron chi connectivity index (χ0n) is 11.0. The summed E-state index contributed by atoms with van der Waals surface area (Å²) < 4.78 is 5.65. The van der Waals surface area contributed by atoms with E-state index in [1.807, 2.05) is 54.1 Å². The second kappa shape index (κ2) is 7.28. The van der Waals surface area contributed by atoms with E-state index in [4.69, 9.17) is 4.74 Å². The van der Waals surface area contributed by atoms with Gasteiger partial charge in [0.15, 0.2) is 0 Å². The van der Waals surface area contributed by atoms with Crippen LogP contribution < -0.4 is 10.1 Å². The van der Waals surface area contributed by atoms with Crippen LogP contribution in [0.4, 0.5) is 0 Å². The third-order valence-corrected chi connectivity index (χ3v) is 3.53. The lowest BCUT2D eigenvalue weighted by Gasteiger charge is -2.17. The van der Waals surface area contributed by atoms with E-state index in [1.165, 1.54) is 0 Å². The minimum atomic E-state index is -0.453. The fraction of sp³-hybridized carbons (Fsp3) is 0.333. The van der Waals surface area contributed by atoms with E-state index in [9.17, 15) is 5.11 Å². The Balaban J connectivity index is 1.69. The van der Waals surface area contributed by atoms with Crippen molar-refractivity contribution in [1.82, 2.24) is 5.32 Å². The topological polar surface area (TPSA) is 41.5 Å². The molecule has 0 aliphatic carbocycles. The number of ether oxygens (including phenoxy) is 1. The Morgan fingerprint density at radius 2 is 2.05 bits per heavy atom. The van der Waals surface area contributed by atoms with E-state index in [-0.39, 0.29) is 6.04 Å². The second-order valence-electron chi connectivity index (χ2n) is 4.51. The van der Waals surface area contributed by atoms with Crippen molar-refractivity contribution in [3.8, 4) is 5.75 Å². The number of hydrogen-bond donors (Lipinski definition) is 2. The van der Waals surface area contributed by atoms with Gasteiger partial charge in [-0.2, -0.15) is 11.3 Å². The summed E-state index contributed by atoms with van der Waals surface area (Å²) in [5.74, 6) is 0.870. The standard InChI is InChI=1S/C15H19NO2S/c1-12(10-18-14-5-3-2-4-6-14)16-9-15(17)13-7-8-19-11-13/h2-8,11-12,15-17H,9-10H2,1H3. The highest BCUT2D eigenvalue weighted by Gasteiger charge is 2.10. The molecule has 4 heteroatoms. The molecule has 0 aliphatic heterocycles. The molecule has 0 bridgehead atoms. The van der Waals surface area contributed by atoms with Gasteiger partial charge in [0.05, 0.1) is 6.10 Å². The normalized spacial score (nSPS) is 14.0. The second-order valence-corrected chi connectivity index (χ2v) is 5.29. The van der Waals surface area contributed by atoms with Crippen LogP contribution in [-0.2, 0) is 0 Å². The van der Waals surface area contributed by atoms with Crippen molar-refractivity contribution in [3.05, 3.63) is 52.7 Å². The van der Waals surface area contributed by atoms with E-state index < -0.39 is 6.10 Å². The fourth-order valence-corrected chi connectivity index (χ4v) is 2.40. The van der Waals surface area contributed by atoms with Gasteiger partial charge in [-0.05, 0) is 41.4 Å². The molecule has 1 aromatic carbocycles. The maximum atomic E-state index is 9.95. The number of hydrogen-bond acceptors (Lipinski definition) is 4. The van der Waals surface area contributed by atoms with E-state index in [0.717, 1.165) is 11.3 Å². The summed E-state index contributed by atoms with van der Waals surface area (Å²) >= 11 is 1.60. The van der Waals surface area contributed by atoms with Gasteiger partial charge >= 0.3 is 0 Å². The molecule has 0 aliphatic rings. The Hall–Kier alpha value is -1.36. The highest BCUT2D eigenvalue weighted by atomic mass is 32.1. The quantitative estimate of drug-likeness (QED) is 0.817. The molecule has 0 saturated carbocycles. The molecule has 102 valence electrons. The van der Waals surface area contributed by atoms with Crippen molar-refractivity contribution in [1.29, 1.82) is 0 Å².